The summed E-state index contributed by atoms with van der Waals surface area (Å²) in [4.78, 5) is 20.6. The molecule has 102 valence electrons. The van der Waals surface area contributed by atoms with Gasteiger partial charge in [-0.15, -0.1) is 0 Å². The Morgan fingerprint density at radius 1 is 1.50 bits per heavy atom. The minimum Gasteiger partial charge on any atom is -0.481 e. The summed E-state index contributed by atoms with van der Waals surface area (Å²) in [5.74, 6) is -0.861. The minimum atomic E-state index is -0.861. The average molecular weight is 273 g/mol. The number of carbonyl (C=O) groups is 1. The average Bonchev–Trinajstić information content (AvgIpc) is 2.25. The molecule has 0 saturated carbocycles. The van der Waals surface area contributed by atoms with Crippen molar-refractivity contribution in [1.29, 1.82) is 0 Å². The summed E-state index contributed by atoms with van der Waals surface area (Å²) in [6.07, 6.45) is 7.47. The lowest BCUT2D eigenvalue weighted by Gasteiger charge is -2.04. The fourth-order valence-corrected chi connectivity index (χ4v) is 1.69. The van der Waals surface area contributed by atoms with Gasteiger partial charge in [0.2, 0.25) is 5.70 Å². The molecule has 0 heterocycles. The lowest BCUT2D eigenvalue weighted by atomic mass is 10.1. The summed E-state index contributed by atoms with van der Waals surface area (Å²) in [5.41, 5.74) is 0.196. The van der Waals surface area contributed by atoms with Crippen LogP contribution in [0.25, 0.3) is 0 Å². The predicted molar refractivity (Wildman–Crippen MR) is 73.4 cm³/mol. The van der Waals surface area contributed by atoms with Crippen LogP contribution in [-0.2, 0) is 4.79 Å². The van der Waals surface area contributed by atoms with Gasteiger partial charge in [-0.2, -0.15) is 12.6 Å². The van der Waals surface area contributed by atoms with E-state index >= 15 is 0 Å². The number of nitro groups is 1. The zero-order valence-corrected chi connectivity index (χ0v) is 11.3. The van der Waals surface area contributed by atoms with Gasteiger partial charge in [-0.3, -0.25) is 14.9 Å². The molecular formula is C12H19NO4S. The minimum absolute atomic E-state index is 0.0346. The molecule has 0 amide bonds. The van der Waals surface area contributed by atoms with Crippen LogP contribution in [0, 0.1) is 10.1 Å². The van der Waals surface area contributed by atoms with Crippen molar-refractivity contribution in [1.82, 2.24) is 0 Å². The Hall–Kier alpha value is -1.30. The van der Waals surface area contributed by atoms with Crippen molar-refractivity contribution >= 4 is 18.6 Å². The summed E-state index contributed by atoms with van der Waals surface area (Å²) < 4.78 is 0. The van der Waals surface area contributed by atoms with Gasteiger partial charge in [0.05, 0.1) is 17.8 Å². The van der Waals surface area contributed by atoms with Crippen LogP contribution in [-0.4, -0.2) is 21.2 Å². The van der Waals surface area contributed by atoms with Gasteiger partial charge in [-0.25, -0.2) is 0 Å². The highest BCUT2D eigenvalue weighted by atomic mass is 32.1. The Balaban J connectivity index is 3.93. The molecule has 1 unspecified atom stereocenters. The van der Waals surface area contributed by atoms with Crippen molar-refractivity contribution in [2.75, 3.05) is 0 Å². The van der Waals surface area contributed by atoms with Gasteiger partial charge in [0.15, 0.2) is 0 Å². The van der Waals surface area contributed by atoms with E-state index in [9.17, 15) is 14.9 Å². The number of rotatable bonds is 9. The van der Waals surface area contributed by atoms with Gasteiger partial charge in [0.25, 0.3) is 0 Å². The number of carboxylic acids is 1. The summed E-state index contributed by atoms with van der Waals surface area (Å²) in [6, 6.07) is 0. The van der Waals surface area contributed by atoms with Crippen molar-refractivity contribution in [3.8, 4) is 0 Å². The molecule has 0 aliphatic heterocycles. The van der Waals surface area contributed by atoms with Crippen LogP contribution in [0.15, 0.2) is 23.9 Å². The molecule has 0 rings (SSSR count). The number of allylic oxidation sites excluding steroid dienone is 3. The van der Waals surface area contributed by atoms with Crippen molar-refractivity contribution in [2.45, 2.75) is 44.3 Å². The fraction of sp³-hybridized carbons (Fsp3) is 0.583. The second-order valence-electron chi connectivity index (χ2n) is 3.87. The maximum Gasteiger partial charge on any atom is 0.304 e. The van der Waals surface area contributed by atoms with Crippen LogP contribution in [0.1, 0.15) is 39.0 Å². The number of hydrogen-bond acceptors (Lipinski definition) is 4. The first-order chi connectivity index (χ1) is 8.47. The van der Waals surface area contributed by atoms with E-state index in [1.54, 1.807) is 12.2 Å². The van der Waals surface area contributed by atoms with Gasteiger partial charge in [0.1, 0.15) is 0 Å². The SMILES string of the molecule is CC/C=C(/C/C=C/CCC(S)CC(=O)O)[N+](=O)[O-]. The smallest absolute Gasteiger partial charge is 0.304 e. The first kappa shape index (κ1) is 16.7. The summed E-state index contributed by atoms with van der Waals surface area (Å²) in [7, 11) is 0. The molecule has 0 fully saturated rings. The number of carboxylic acid groups (broad SMARTS) is 1. The standard InChI is InChI=1S/C12H19NO4S/c1-2-6-10(13(16)17)7-4-3-5-8-11(18)9-12(14)15/h3-4,6,11,18H,2,5,7-9H2,1H3,(H,14,15)/b4-3+,10-6-. The molecule has 0 radical (unpaired) electrons. The molecule has 0 aromatic rings. The maximum absolute atomic E-state index is 10.6. The second-order valence-corrected chi connectivity index (χ2v) is 4.60. The van der Waals surface area contributed by atoms with Gasteiger partial charge in [0, 0.05) is 5.25 Å². The van der Waals surface area contributed by atoms with Crippen LogP contribution < -0.4 is 0 Å². The van der Waals surface area contributed by atoms with E-state index in [1.807, 2.05) is 13.0 Å². The third kappa shape index (κ3) is 8.81. The molecule has 0 aromatic carbocycles. The van der Waals surface area contributed by atoms with Crippen LogP contribution in [0.5, 0.6) is 0 Å². The molecular weight excluding hydrogens is 254 g/mol. The highest BCUT2D eigenvalue weighted by Crippen LogP contribution is 2.11. The lowest BCUT2D eigenvalue weighted by molar-refractivity contribution is -0.427. The van der Waals surface area contributed by atoms with E-state index in [4.69, 9.17) is 5.11 Å². The molecule has 0 aliphatic carbocycles. The molecule has 18 heavy (non-hydrogen) atoms. The van der Waals surface area contributed by atoms with Crippen LogP contribution in [0.2, 0.25) is 0 Å². The summed E-state index contributed by atoms with van der Waals surface area (Å²) in [6.45, 7) is 1.85. The van der Waals surface area contributed by atoms with Crippen LogP contribution in [0.3, 0.4) is 0 Å². The van der Waals surface area contributed by atoms with Crippen molar-refractivity contribution in [2.24, 2.45) is 0 Å². The molecule has 1 N–H and O–H groups in total. The molecule has 0 bridgehead atoms. The number of thiol groups is 1. The van der Waals surface area contributed by atoms with Crippen LogP contribution >= 0.6 is 12.6 Å². The molecule has 0 spiro atoms. The highest BCUT2D eigenvalue weighted by Gasteiger charge is 2.08. The molecule has 0 saturated heterocycles. The highest BCUT2D eigenvalue weighted by molar-refractivity contribution is 7.81. The zero-order chi connectivity index (χ0) is 14.0. The first-order valence-electron chi connectivity index (χ1n) is 5.85. The molecule has 5 nitrogen and oxygen atoms in total. The van der Waals surface area contributed by atoms with E-state index in [2.05, 4.69) is 12.6 Å². The van der Waals surface area contributed by atoms with Gasteiger partial charge >= 0.3 is 5.97 Å². The Morgan fingerprint density at radius 2 is 2.17 bits per heavy atom. The largest absolute Gasteiger partial charge is 0.481 e. The second kappa shape index (κ2) is 9.70. The van der Waals surface area contributed by atoms with Gasteiger partial charge in [-0.1, -0.05) is 19.1 Å². The number of nitrogens with zero attached hydrogens (tertiary/aromatic N) is 1. The Labute approximate surface area is 112 Å². The molecule has 1 atom stereocenters. The molecule has 0 aromatic heterocycles. The third-order valence-corrected chi connectivity index (χ3v) is 2.69. The number of hydrogen-bond donors (Lipinski definition) is 2. The quantitative estimate of drug-likeness (QED) is 0.293. The Bertz CT molecular complexity index is 339. The van der Waals surface area contributed by atoms with E-state index in [0.717, 1.165) is 0 Å². The maximum atomic E-state index is 10.6. The molecule has 0 aliphatic rings. The van der Waals surface area contributed by atoms with E-state index in [1.165, 1.54) is 0 Å². The first-order valence-corrected chi connectivity index (χ1v) is 6.37. The van der Waals surface area contributed by atoms with Crippen LogP contribution in [0.4, 0.5) is 0 Å². The van der Waals surface area contributed by atoms with E-state index < -0.39 is 5.97 Å². The van der Waals surface area contributed by atoms with E-state index in [0.29, 0.717) is 25.7 Å². The normalized spacial score (nSPS) is 13.8. The van der Waals surface area contributed by atoms with E-state index in [-0.39, 0.29) is 22.3 Å². The Morgan fingerprint density at radius 3 is 2.67 bits per heavy atom. The molecule has 6 heteroatoms. The fourth-order valence-electron chi connectivity index (χ4n) is 1.38. The zero-order valence-electron chi connectivity index (χ0n) is 10.4. The topological polar surface area (TPSA) is 80.4 Å². The third-order valence-electron chi connectivity index (χ3n) is 2.24. The van der Waals surface area contributed by atoms with Gasteiger partial charge in [-0.05, 0) is 25.3 Å². The van der Waals surface area contributed by atoms with Crippen molar-refractivity contribution in [3.05, 3.63) is 34.0 Å². The number of aliphatic carboxylic acids is 1. The monoisotopic (exact) mass is 273 g/mol. The predicted octanol–water partition coefficient (Wildman–Crippen LogP) is 3.06. The summed E-state index contributed by atoms with van der Waals surface area (Å²) in [5, 5.41) is 19.0. The van der Waals surface area contributed by atoms with Gasteiger partial charge < -0.3 is 5.11 Å². The van der Waals surface area contributed by atoms with Crippen molar-refractivity contribution < 1.29 is 14.8 Å². The Kier molecular flexibility index (Phi) is 9.00. The summed E-state index contributed by atoms with van der Waals surface area (Å²) >= 11 is 4.14. The van der Waals surface area contributed by atoms with Crippen molar-refractivity contribution in [3.63, 3.8) is 0 Å². The lowest BCUT2D eigenvalue weighted by Crippen LogP contribution is -2.06.